The number of pyridine rings is 1. The van der Waals surface area contributed by atoms with Crippen molar-refractivity contribution < 1.29 is 14.7 Å². The van der Waals surface area contributed by atoms with E-state index in [1.807, 2.05) is 18.2 Å². The van der Waals surface area contributed by atoms with E-state index in [4.69, 9.17) is 0 Å². The maximum atomic E-state index is 13.0. The first-order chi connectivity index (χ1) is 13.9. The van der Waals surface area contributed by atoms with E-state index in [2.05, 4.69) is 17.0 Å². The lowest BCUT2D eigenvalue weighted by molar-refractivity contribution is -0.129. The fourth-order valence-corrected chi connectivity index (χ4v) is 4.46. The predicted molar refractivity (Wildman–Crippen MR) is 108 cm³/mol. The van der Waals surface area contributed by atoms with E-state index in [1.165, 1.54) is 12.5 Å². The summed E-state index contributed by atoms with van der Waals surface area (Å²) in [6.07, 6.45) is 2.98. The summed E-state index contributed by atoms with van der Waals surface area (Å²) in [6, 6.07) is 10.1. The number of carbonyl (C=O) groups is 2. The molecule has 1 atom stereocenters. The summed E-state index contributed by atoms with van der Waals surface area (Å²) >= 11 is 0. The summed E-state index contributed by atoms with van der Waals surface area (Å²) in [5.74, 6) is -1.23. The van der Waals surface area contributed by atoms with Crippen molar-refractivity contribution in [1.82, 2.24) is 14.4 Å². The van der Waals surface area contributed by atoms with E-state index in [0.717, 1.165) is 25.1 Å². The Morgan fingerprint density at radius 3 is 2.62 bits per heavy atom. The largest absolute Gasteiger partial charge is 0.477 e. The summed E-state index contributed by atoms with van der Waals surface area (Å²) < 4.78 is 1.59. The first kappa shape index (κ1) is 19.4. The van der Waals surface area contributed by atoms with E-state index < -0.39 is 11.5 Å². The number of amides is 1. The fourth-order valence-electron chi connectivity index (χ4n) is 4.46. The number of likely N-dealkylation sites (tertiary alicyclic amines) is 1. The fraction of sp³-hybridized carbons (Fsp3) is 0.409. The molecule has 152 valence electrons. The Hall–Kier alpha value is -2.93. The van der Waals surface area contributed by atoms with Crippen molar-refractivity contribution >= 4 is 11.9 Å². The molecule has 2 aromatic rings. The molecule has 0 radical (unpaired) electrons. The van der Waals surface area contributed by atoms with Gasteiger partial charge in [0.1, 0.15) is 5.56 Å². The molecule has 1 aromatic heterocycles. The van der Waals surface area contributed by atoms with Crippen molar-refractivity contribution in [1.29, 1.82) is 0 Å². The quantitative estimate of drug-likeness (QED) is 0.855. The van der Waals surface area contributed by atoms with Gasteiger partial charge in [0.15, 0.2) is 0 Å². The second-order valence-corrected chi connectivity index (χ2v) is 7.88. The Morgan fingerprint density at radius 1 is 1.17 bits per heavy atom. The van der Waals surface area contributed by atoms with Crippen molar-refractivity contribution in [3.8, 4) is 0 Å². The number of hydrogen-bond acceptors (Lipinski definition) is 4. The van der Waals surface area contributed by atoms with Gasteiger partial charge in [0, 0.05) is 45.8 Å². The molecule has 2 aliphatic rings. The molecule has 29 heavy (non-hydrogen) atoms. The molecule has 1 aromatic carbocycles. The number of rotatable bonds is 4. The van der Waals surface area contributed by atoms with Crippen LogP contribution in [0.1, 0.15) is 46.4 Å². The highest BCUT2D eigenvalue weighted by molar-refractivity contribution is 5.89. The Balaban J connectivity index is 1.63. The number of carboxylic acid groups (broad SMARTS) is 1. The standard InChI is InChI=1S/C22H25N3O4/c1-15(26)24-10-8-19-17(12-24)13-25(21(27)20(19)22(28)29)18-7-9-23(14-18)11-16-5-3-2-4-6-16/h2-6,13,18H,7-12,14H2,1H3,(H,28,29)/t18-/m0/s1. The van der Waals surface area contributed by atoms with E-state index in [0.29, 0.717) is 31.6 Å². The van der Waals surface area contributed by atoms with Gasteiger partial charge in [-0.15, -0.1) is 0 Å². The van der Waals surface area contributed by atoms with Crippen LogP contribution in [0.25, 0.3) is 0 Å². The monoisotopic (exact) mass is 395 g/mol. The molecule has 0 aliphatic carbocycles. The van der Waals surface area contributed by atoms with Crippen LogP contribution in [-0.2, 0) is 24.3 Å². The van der Waals surface area contributed by atoms with Crippen LogP contribution >= 0.6 is 0 Å². The minimum absolute atomic E-state index is 0.0415. The van der Waals surface area contributed by atoms with Gasteiger partial charge < -0.3 is 14.6 Å². The van der Waals surface area contributed by atoms with Gasteiger partial charge in [-0.2, -0.15) is 0 Å². The number of aromatic nitrogens is 1. The van der Waals surface area contributed by atoms with Gasteiger partial charge in [-0.1, -0.05) is 30.3 Å². The second-order valence-electron chi connectivity index (χ2n) is 7.88. The topological polar surface area (TPSA) is 82.9 Å². The number of benzene rings is 1. The Labute approximate surface area is 169 Å². The van der Waals surface area contributed by atoms with Crippen LogP contribution in [0.15, 0.2) is 41.3 Å². The molecule has 4 rings (SSSR count). The highest BCUT2D eigenvalue weighted by Crippen LogP contribution is 2.26. The molecule has 1 amide bonds. The molecule has 0 unspecified atom stereocenters. The number of carbonyl (C=O) groups excluding carboxylic acids is 1. The summed E-state index contributed by atoms with van der Waals surface area (Å²) in [7, 11) is 0. The number of hydrogen-bond donors (Lipinski definition) is 1. The lowest BCUT2D eigenvalue weighted by Gasteiger charge is -2.30. The smallest absolute Gasteiger partial charge is 0.341 e. The van der Waals surface area contributed by atoms with Gasteiger partial charge in [0.05, 0.1) is 6.04 Å². The molecule has 1 fully saturated rings. The maximum Gasteiger partial charge on any atom is 0.341 e. The second kappa shape index (κ2) is 7.83. The number of aromatic carboxylic acids is 1. The molecule has 1 saturated heterocycles. The van der Waals surface area contributed by atoms with E-state index in [1.54, 1.807) is 15.7 Å². The molecule has 7 nitrogen and oxygen atoms in total. The van der Waals surface area contributed by atoms with Gasteiger partial charge in [0.25, 0.3) is 5.56 Å². The van der Waals surface area contributed by atoms with E-state index >= 15 is 0 Å². The summed E-state index contributed by atoms with van der Waals surface area (Å²) in [5, 5.41) is 9.71. The zero-order valence-corrected chi connectivity index (χ0v) is 16.5. The Kier molecular flexibility index (Phi) is 5.24. The van der Waals surface area contributed by atoms with E-state index in [9.17, 15) is 19.5 Å². The molecular formula is C22H25N3O4. The first-order valence-electron chi connectivity index (χ1n) is 9.96. The number of nitrogens with zero attached hydrogens (tertiary/aromatic N) is 3. The molecule has 0 bridgehead atoms. The number of carboxylic acids is 1. The average Bonchev–Trinajstić information content (AvgIpc) is 3.15. The zero-order chi connectivity index (χ0) is 20.5. The van der Waals surface area contributed by atoms with E-state index in [-0.39, 0.29) is 17.5 Å². The predicted octanol–water partition coefficient (Wildman–Crippen LogP) is 1.90. The third-order valence-electron chi connectivity index (χ3n) is 5.97. The van der Waals surface area contributed by atoms with Crippen molar-refractivity contribution in [2.45, 2.75) is 38.9 Å². The van der Waals surface area contributed by atoms with Gasteiger partial charge in [-0.25, -0.2) is 4.79 Å². The van der Waals surface area contributed by atoms with Gasteiger partial charge in [0.2, 0.25) is 5.91 Å². The van der Waals surface area contributed by atoms with Crippen LogP contribution in [-0.4, -0.2) is 51.0 Å². The van der Waals surface area contributed by atoms with Crippen molar-refractivity contribution in [2.75, 3.05) is 19.6 Å². The summed E-state index contributed by atoms with van der Waals surface area (Å²) in [4.78, 5) is 40.7. The molecular weight excluding hydrogens is 370 g/mol. The van der Waals surface area contributed by atoms with Gasteiger partial charge >= 0.3 is 5.97 Å². The molecule has 1 N–H and O–H groups in total. The molecule has 0 saturated carbocycles. The third-order valence-corrected chi connectivity index (χ3v) is 5.97. The molecule has 0 spiro atoms. The zero-order valence-electron chi connectivity index (χ0n) is 16.5. The molecule has 2 aliphatic heterocycles. The van der Waals surface area contributed by atoms with Crippen molar-refractivity contribution in [3.05, 3.63) is 69.1 Å². The Bertz CT molecular complexity index is 999. The lowest BCUT2D eigenvalue weighted by atomic mass is 9.96. The summed E-state index contributed by atoms with van der Waals surface area (Å²) in [5.41, 5.74) is 2.00. The van der Waals surface area contributed by atoms with Crippen molar-refractivity contribution in [2.24, 2.45) is 0 Å². The normalized spacial score (nSPS) is 19.2. The molecule has 7 heteroatoms. The molecule has 3 heterocycles. The SMILES string of the molecule is CC(=O)N1CCc2c(cn([C@H]3CCN(Cc4ccccc4)C3)c(=O)c2C(=O)O)C1. The van der Waals surface area contributed by atoms with Crippen LogP contribution in [0.4, 0.5) is 0 Å². The highest BCUT2D eigenvalue weighted by Gasteiger charge is 2.31. The first-order valence-corrected chi connectivity index (χ1v) is 9.96. The van der Waals surface area contributed by atoms with Crippen LogP contribution in [0.5, 0.6) is 0 Å². The lowest BCUT2D eigenvalue weighted by Crippen LogP contribution is -2.39. The third kappa shape index (κ3) is 3.82. The average molecular weight is 395 g/mol. The van der Waals surface area contributed by atoms with Gasteiger partial charge in [-0.3, -0.25) is 14.5 Å². The summed E-state index contributed by atoms with van der Waals surface area (Å²) in [6.45, 7) is 4.67. The van der Waals surface area contributed by atoms with Crippen LogP contribution in [0.2, 0.25) is 0 Å². The minimum atomic E-state index is -1.18. The minimum Gasteiger partial charge on any atom is -0.477 e. The highest BCUT2D eigenvalue weighted by atomic mass is 16.4. The maximum absolute atomic E-state index is 13.0. The van der Waals surface area contributed by atoms with Crippen LogP contribution in [0.3, 0.4) is 0 Å². The van der Waals surface area contributed by atoms with Crippen molar-refractivity contribution in [3.63, 3.8) is 0 Å². The Morgan fingerprint density at radius 2 is 1.93 bits per heavy atom. The van der Waals surface area contributed by atoms with Gasteiger partial charge in [-0.05, 0) is 29.5 Å². The van der Waals surface area contributed by atoms with Crippen LogP contribution in [0, 0.1) is 0 Å². The van der Waals surface area contributed by atoms with Crippen LogP contribution < -0.4 is 5.56 Å². The number of fused-ring (bicyclic) bond motifs is 1.